The van der Waals surface area contributed by atoms with Crippen LogP contribution in [0.15, 0.2) is 33.7 Å². The third-order valence-corrected chi connectivity index (χ3v) is 4.23. The van der Waals surface area contributed by atoms with Gasteiger partial charge in [0.15, 0.2) is 5.82 Å². The summed E-state index contributed by atoms with van der Waals surface area (Å²) in [5.41, 5.74) is 1.32. The Balaban J connectivity index is 1.94. The quantitative estimate of drug-likeness (QED) is 0.747. The van der Waals surface area contributed by atoms with Gasteiger partial charge in [-0.3, -0.25) is 0 Å². The highest BCUT2D eigenvalue weighted by Gasteiger charge is 2.07. The first kappa shape index (κ1) is 16.0. The van der Waals surface area contributed by atoms with Gasteiger partial charge in [0, 0.05) is 17.4 Å². The maximum atomic E-state index is 5.12. The highest BCUT2D eigenvalue weighted by Crippen LogP contribution is 2.24. The third-order valence-electron chi connectivity index (χ3n) is 3.24. The number of aryl methyl sites for hydroxylation is 1. The molecule has 0 aliphatic rings. The number of hydrogen-bond acceptors (Lipinski definition) is 5. The van der Waals surface area contributed by atoms with Crippen molar-refractivity contribution in [3.63, 3.8) is 0 Å². The molecule has 114 valence electrons. The van der Waals surface area contributed by atoms with Gasteiger partial charge in [-0.15, -0.1) is 11.8 Å². The van der Waals surface area contributed by atoms with Crippen molar-refractivity contribution < 1.29 is 4.52 Å². The Bertz CT molecular complexity index is 556. The molecule has 2 aromatic rings. The van der Waals surface area contributed by atoms with Crippen molar-refractivity contribution in [2.24, 2.45) is 0 Å². The molecular weight excluding hydrogens is 282 g/mol. The smallest absolute Gasteiger partial charge is 0.226 e. The average molecular weight is 305 g/mol. The molecule has 0 aliphatic heterocycles. The lowest BCUT2D eigenvalue weighted by molar-refractivity contribution is 0.378. The van der Waals surface area contributed by atoms with Gasteiger partial charge in [0.05, 0.1) is 5.75 Å². The lowest BCUT2D eigenvalue weighted by Crippen LogP contribution is -2.19. The summed E-state index contributed by atoms with van der Waals surface area (Å²) in [4.78, 5) is 5.57. The van der Waals surface area contributed by atoms with Crippen LogP contribution in [0, 0.1) is 0 Å². The van der Waals surface area contributed by atoms with Crippen LogP contribution in [0.2, 0.25) is 0 Å². The Morgan fingerprint density at radius 3 is 2.90 bits per heavy atom. The predicted molar refractivity (Wildman–Crippen MR) is 86.4 cm³/mol. The van der Waals surface area contributed by atoms with E-state index in [2.05, 4.69) is 53.6 Å². The molecule has 1 atom stereocenters. The molecule has 0 saturated carbocycles. The first-order valence-corrected chi connectivity index (χ1v) is 8.49. The predicted octanol–water partition coefficient (Wildman–Crippen LogP) is 3.98. The van der Waals surface area contributed by atoms with Gasteiger partial charge in [-0.1, -0.05) is 31.1 Å². The molecule has 5 heteroatoms. The van der Waals surface area contributed by atoms with Gasteiger partial charge < -0.3 is 9.84 Å². The minimum Gasteiger partial charge on any atom is -0.339 e. The van der Waals surface area contributed by atoms with Crippen LogP contribution in [-0.2, 0) is 12.2 Å². The minimum atomic E-state index is 0.377. The zero-order valence-corrected chi connectivity index (χ0v) is 13.7. The molecule has 1 N–H and O–H groups in total. The Kier molecular flexibility index (Phi) is 6.26. The van der Waals surface area contributed by atoms with E-state index in [0.29, 0.717) is 11.9 Å². The number of nitrogens with one attached hydrogen (secondary N) is 1. The monoisotopic (exact) mass is 305 g/mol. The summed E-state index contributed by atoms with van der Waals surface area (Å²) in [5, 5.41) is 7.49. The molecule has 0 radical (unpaired) electrons. The summed E-state index contributed by atoms with van der Waals surface area (Å²) in [6.07, 6.45) is 1.93. The third kappa shape index (κ3) is 4.86. The number of hydrogen-bond donors (Lipinski definition) is 1. The lowest BCUT2D eigenvalue weighted by Gasteiger charge is -2.14. The molecule has 1 aromatic heterocycles. The Morgan fingerprint density at radius 2 is 2.19 bits per heavy atom. The number of benzene rings is 1. The summed E-state index contributed by atoms with van der Waals surface area (Å²) in [5.74, 6) is 2.21. The van der Waals surface area contributed by atoms with Crippen molar-refractivity contribution in [2.45, 2.75) is 50.3 Å². The van der Waals surface area contributed by atoms with Gasteiger partial charge in [0.25, 0.3) is 0 Å². The normalized spacial score (nSPS) is 12.5. The van der Waals surface area contributed by atoms with Crippen LogP contribution < -0.4 is 5.32 Å². The first-order chi connectivity index (χ1) is 10.2. The lowest BCUT2D eigenvalue weighted by atomic mass is 10.1. The second-order valence-corrected chi connectivity index (χ2v) is 6.04. The first-order valence-electron chi connectivity index (χ1n) is 7.50. The molecule has 1 unspecified atom stereocenters. The maximum absolute atomic E-state index is 5.12. The van der Waals surface area contributed by atoms with Gasteiger partial charge in [-0.2, -0.15) is 4.98 Å². The van der Waals surface area contributed by atoms with Crippen LogP contribution in [0.4, 0.5) is 0 Å². The molecule has 0 bridgehead atoms. The van der Waals surface area contributed by atoms with Crippen molar-refractivity contribution in [3.05, 3.63) is 41.5 Å². The fourth-order valence-electron chi connectivity index (χ4n) is 1.99. The van der Waals surface area contributed by atoms with E-state index in [1.54, 1.807) is 11.8 Å². The van der Waals surface area contributed by atoms with Gasteiger partial charge >= 0.3 is 0 Å². The summed E-state index contributed by atoms with van der Waals surface area (Å²) in [6, 6.07) is 9.01. The van der Waals surface area contributed by atoms with Gasteiger partial charge in [0.2, 0.25) is 5.89 Å². The summed E-state index contributed by atoms with van der Waals surface area (Å²) in [6.45, 7) is 7.44. The van der Waals surface area contributed by atoms with E-state index in [9.17, 15) is 0 Å². The molecule has 0 spiro atoms. The van der Waals surface area contributed by atoms with Crippen molar-refractivity contribution in [3.8, 4) is 0 Å². The van der Waals surface area contributed by atoms with Crippen LogP contribution in [0.25, 0.3) is 0 Å². The molecule has 0 aliphatic carbocycles. The standard InChI is InChI=1S/C16H23N3OS/c1-4-9-17-12(3)13-7-6-8-14(10-13)21-11-15-18-16(5-2)20-19-15/h6-8,10,12,17H,4-5,9,11H2,1-3H3. The van der Waals surface area contributed by atoms with E-state index in [0.717, 1.165) is 31.0 Å². The van der Waals surface area contributed by atoms with E-state index in [1.165, 1.54) is 10.5 Å². The van der Waals surface area contributed by atoms with Crippen molar-refractivity contribution >= 4 is 11.8 Å². The van der Waals surface area contributed by atoms with Crippen molar-refractivity contribution in [1.82, 2.24) is 15.5 Å². The van der Waals surface area contributed by atoms with Crippen LogP contribution >= 0.6 is 11.8 Å². The zero-order chi connectivity index (χ0) is 15.1. The van der Waals surface area contributed by atoms with Crippen LogP contribution in [0.1, 0.15) is 50.5 Å². The number of nitrogens with zero attached hydrogens (tertiary/aromatic N) is 2. The number of thioether (sulfide) groups is 1. The summed E-state index contributed by atoms with van der Waals surface area (Å²) in [7, 11) is 0. The van der Waals surface area contributed by atoms with Crippen LogP contribution in [0.5, 0.6) is 0 Å². The Labute approximate surface area is 130 Å². The summed E-state index contributed by atoms with van der Waals surface area (Å²) < 4.78 is 5.12. The zero-order valence-electron chi connectivity index (χ0n) is 12.9. The molecule has 2 rings (SSSR count). The van der Waals surface area contributed by atoms with E-state index < -0.39 is 0 Å². The van der Waals surface area contributed by atoms with E-state index >= 15 is 0 Å². The van der Waals surface area contributed by atoms with Crippen molar-refractivity contribution in [1.29, 1.82) is 0 Å². The van der Waals surface area contributed by atoms with E-state index in [4.69, 9.17) is 4.52 Å². The Morgan fingerprint density at radius 1 is 1.33 bits per heavy atom. The molecule has 4 nitrogen and oxygen atoms in total. The molecule has 1 aromatic carbocycles. The van der Waals surface area contributed by atoms with E-state index in [1.807, 2.05) is 6.92 Å². The second-order valence-electron chi connectivity index (χ2n) is 4.99. The van der Waals surface area contributed by atoms with Crippen LogP contribution in [-0.4, -0.2) is 16.7 Å². The van der Waals surface area contributed by atoms with Gasteiger partial charge in [0.1, 0.15) is 0 Å². The molecule has 0 saturated heterocycles. The van der Waals surface area contributed by atoms with Gasteiger partial charge in [-0.25, -0.2) is 0 Å². The highest BCUT2D eigenvalue weighted by molar-refractivity contribution is 7.98. The molecule has 0 amide bonds. The van der Waals surface area contributed by atoms with Crippen LogP contribution in [0.3, 0.4) is 0 Å². The molecule has 0 fully saturated rings. The average Bonchev–Trinajstić information content (AvgIpc) is 2.99. The fraction of sp³-hybridized carbons (Fsp3) is 0.500. The summed E-state index contributed by atoms with van der Waals surface area (Å²) >= 11 is 1.74. The fourth-order valence-corrected chi connectivity index (χ4v) is 2.80. The minimum absolute atomic E-state index is 0.377. The number of aromatic nitrogens is 2. The second kappa shape index (κ2) is 8.20. The largest absolute Gasteiger partial charge is 0.339 e. The SMILES string of the molecule is CCCNC(C)c1cccc(SCc2noc(CC)n2)c1. The van der Waals surface area contributed by atoms with Crippen molar-refractivity contribution in [2.75, 3.05) is 6.54 Å². The number of rotatable bonds is 8. The maximum Gasteiger partial charge on any atom is 0.226 e. The molecule has 1 heterocycles. The van der Waals surface area contributed by atoms with E-state index in [-0.39, 0.29) is 0 Å². The molecule has 21 heavy (non-hydrogen) atoms. The van der Waals surface area contributed by atoms with Gasteiger partial charge in [-0.05, 0) is 37.6 Å². The Hall–Kier alpha value is -1.33. The molecular formula is C16H23N3OS. The highest BCUT2D eigenvalue weighted by atomic mass is 32.2. The topological polar surface area (TPSA) is 51.0 Å².